The van der Waals surface area contributed by atoms with E-state index in [4.69, 9.17) is 4.74 Å². The number of anilines is 1. The van der Waals surface area contributed by atoms with Gasteiger partial charge in [0.15, 0.2) is 11.6 Å². The number of methoxy groups -OCH3 is 1. The molecule has 0 saturated carbocycles. The van der Waals surface area contributed by atoms with Gasteiger partial charge in [0, 0.05) is 36.5 Å². The van der Waals surface area contributed by atoms with Gasteiger partial charge in [0.2, 0.25) is 5.91 Å². The van der Waals surface area contributed by atoms with E-state index in [0.717, 1.165) is 22.7 Å². The fourth-order valence-corrected chi connectivity index (χ4v) is 4.57. The molecule has 1 aliphatic rings. The number of hydrogen-bond acceptors (Lipinski definition) is 6. The molecule has 1 amide bonds. The van der Waals surface area contributed by atoms with E-state index >= 15 is 0 Å². The van der Waals surface area contributed by atoms with Gasteiger partial charge in [-0.3, -0.25) is 19.1 Å². The van der Waals surface area contributed by atoms with Crippen molar-refractivity contribution in [3.8, 4) is 17.1 Å². The van der Waals surface area contributed by atoms with Crippen LogP contribution in [0.3, 0.4) is 0 Å². The average molecular weight is 548 g/mol. The Hall–Kier alpha value is -3.96. The van der Waals surface area contributed by atoms with E-state index in [9.17, 15) is 27.2 Å². The molecular formula is C27H29F4N5O3. The number of benzene rings is 2. The second-order valence-electron chi connectivity index (χ2n) is 9.31. The van der Waals surface area contributed by atoms with Crippen molar-refractivity contribution in [3.63, 3.8) is 0 Å². The van der Waals surface area contributed by atoms with E-state index in [0.29, 0.717) is 18.6 Å². The number of nitrogens with zero attached hydrogens (tertiary/aromatic N) is 4. The number of carbonyl (C=O) groups excluding carboxylic acids is 1. The lowest BCUT2D eigenvalue weighted by Gasteiger charge is -2.29. The van der Waals surface area contributed by atoms with Gasteiger partial charge in [0.25, 0.3) is 5.56 Å². The number of ether oxygens (including phenoxy) is 1. The molecule has 8 nitrogen and oxygen atoms in total. The molecule has 1 N–H and O–H groups in total. The summed E-state index contributed by atoms with van der Waals surface area (Å²) in [6, 6.07) is 7.02. The molecule has 39 heavy (non-hydrogen) atoms. The van der Waals surface area contributed by atoms with Crippen molar-refractivity contribution in [2.75, 3.05) is 25.1 Å². The lowest BCUT2D eigenvalue weighted by molar-refractivity contribution is -0.162. The fraction of sp³-hybridized carbons (Fsp3) is 0.407. The van der Waals surface area contributed by atoms with Crippen LogP contribution in [0.1, 0.15) is 26.7 Å². The van der Waals surface area contributed by atoms with Crippen LogP contribution in [0.15, 0.2) is 46.2 Å². The Bertz CT molecular complexity index is 1450. The maximum absolute atomic E-state index is 14.1. The highest BCUT2D eigenvalue weighted by atomic mass is 19.4. The lowest BCUT2D eigenvalue weighted by atomic mass is 10.1. The van der Waals surface area contributed by atoms with Gasteiger partial charge in [-0.05, 0) is 49.7 Å². The van der Waals surface area contributed by atoms with Crippen LogP contribution in [0, 0.1) is 5.82 Å². The molecule has 2 aromatic carbocycles. The SMILES string of the molecule is CCC(NC(=O)Cn1c(-c2ccc(F)c(OC)c2)nc2ccc(N3CCN=CCC3C)cc2c1=O)C(F)(F)F. The number of rotatable bonds is 7. The number of alkyl halides is 3. The number of carbonyl (C=O) groups is 1. The van der Waals surface area contributed by atoms with Crippen molar-refractivity contribution >= 4 is 28.7 Å². The number of halogens is 4. The van der Waals surface area contributed by atoms with E-state index in [1.54, 1.807) is 12.1 Å². The molecule has 12 heteroatoms. The molecule has 0 spiro atoms. The van der Waals surface area contributed by atoms with Crippen LogP contribution in [-0.4, -0.2) is 60.1 Å². The number of nitrogens with one attached hydrogen (secondary N) is 1. The first-order valence-corrected chi connectivity index (χ1v) is 12.5. The first-order chi connectivity index (χ1) is 18.5. The first kappa shape index (κ1) is 28.1. The smallest absolute Gasteiger partial charge is 0.408 e. The maximum Gasteiger partial charge on any atom is 0.408 e. The third kappa shape index (κ3) is 6.04. The summed E-state index contributed by atoms with van der Waals surface area (Å²) in [4.78, 5) is 37.6. The van der Waals surface area contributed by atoms with Crippen LogP contribution in [0.5, 0.6) is 5.75 Å². The normalized spacial score (nSPS) is 16.7. The zero-order valence-corrected chi connectivity index (χ0v) is 21.8. The van der Waals surface area contributed by atoms with Crippen LogP contribution in [-0.2, 0) is 11.3 Å². The number of aromatic nitrogens is 2. The third-order valence-electron chi connectivity index (χ3n) is 6.70. The molecule has 2 heterocycles. The summed E-state index contributed by atoms with van der Waals surface area (Å²) in [6.07, 6.45) is -2.42. The summed E-state index contributed by atoms with van der Waals surface area (Å²) in [5.74, 6) is -1.78. The Morgan fingerprint density at radius 3 is 2.69 bits per heavy atom. The Morgan fingerprint density at radius 2 is 2.00 bits per heavy atom. The number of amides is 1. The largest absolute Gasteiger partial charge is 0.494 e. The molecule has 0 saturated heterocycles. The molecule has 0 bridgehead atoms. The van der Waals surface area contributed by atoms with Gasteiger partial charge in [-0.25, -0.2) is 9.37 Å². The average Bonchev–Trinajstić information content (AvgIpc) is 3.12. The second kappa shape index (κ2) is 11.4. The van der Waals surface area contributed by atoms with E-state index in [-0.39, 0.29) is 35.0 Å². The maximum atomic E-state index is 14.1. The van der Waals surface area contributed by atoms with Gasteiger partial charge >= 0.3 is 6.18 Å². The highest BCUT2D eigenvalue weighted by Crippen LogP contribution is 2.28. The predicted molar refractivity (Wildman–Crippen MR) is 141 cm³/mol. The van der Waals surface area contributed by atoms with Crippen molar-refractivity contribution in [2.24, 2.45) is 4.99 Å². The van der Waals surface area contributed by atoms with Crippen molar-refractivity contribution in [2.45, 2.75) is 51.5 Å². The summed E-state index contributed by atoms with van der Waals surface area (Å²) in [6.45, 7) is 3.85. The van der Waals surface area contributed by atoms with Crippen LogP contribution in [0.25, 0.3) is 22.3 Å². The number of hydrogen-bond donors (Lipinski definition) is 1. The summed E-state index contributed by atoms with van der Waals surface area (Å²) in [5.41, 5.74) is 0.716. The third-order valence-corrected chi connectivity index (χ3v) is 6.70. The molecule has 1 aliphatic heterocycles. The van der Waals surface area contributed by atoms with Crippen LogP contribution < -0.4 is 20.5 Å². The van der Waals surface area contributed by atoms with Crippen LogP contribution >= 0.6 is 0 Å². The quantitative estimate of drug-likeness (QED) is 0.445. The van der Waals surface area contributed by atoms with E-state index in [2.05, 4.69) is 14.9 Å². The lowest BCUT2D eigenvalue weighted by Crippen LogP contribution is -2.46. The van der Waals surface area contributed by atoms with Gasteiger partial charge in [-0.2, -0.15) is 13.2 Å². The predicted octanol–water partition coefficient (Wildman–Crippen LogP) is 4.34. The number of aliphatic imine (C=N–C) groups is 1. The summed E-state index contributed by atoms with van der Waals surface area (Å²) < 4.78 is 60.0. The zero-order valence-electron chi connectivity index (χ0n) is 21.8. The van der Waals surface area contributed by atoms with Crippen LogP contribution in [0.2, 0.25) is 0 Å². The standard InChI is InChI=1S/C27H29F4N5O3/c1-4-23(27(29,30)31)34-24(37)15-36-25(17-5-7-20(28)22(13-17)39-3)33-21-8-6-18(14-19(21)26(36)38)35-12-11-32-10-9-16(35)2/h5-8,10,13-14,16,23H,4,9,11-12,15H2,1-3H3,(H,34,37). The molecule has 2 unspecified atom stereocenters. The van der Waals surface area contributed by atoms with Gasteiger partial charge in [0.1, 0.15) is 18.4 Å². The van der Waals surface area contributed by atoms with Gasteiger partial charge in [-0.1, -0.05) is 6.92 Å². The summed E-state index contributed by atoms with van der Waals surface area (Å²) >= 11 is 0. The topological polar surface area (TPSA) is 88.8 Å². The first-order valence-electron chi connectivity index (χ1n) is 12.5. The highest BCUT2D eigenvalue weighted by molar-refractivity contribution is 5.85. The molecule has 1 aromatic heterocycles. The van der Waals surface area contributed by atoms with Crippen molar-refractivity contribution in [1.29, 1.82) is 0 Å². The molecule has 208 valence electrons. The summed E-state index contributed by atoms with van der Waals surface area (Å²) in [5, 5.41) is 2.15. The minimum atomic E-state index is -4.65. The minimum absolute atomic E-state index is 0.00898. The van der Waals surface area contributed by atoms with E-state index < -0.39 is 36.0 Å². The second-order valence-corrected chi connectivity index (χ2v) is 9.31. The minimum Gasteiger partial charge on any atom is -0.494 e. The monoisotopic (exact) mass is 547 g/mol. The summed E-state index contributed by atoms with van der Waals surface area (Å²) in [7, 11) is 1.27. The van der Waals surface area contributed by atoms with Crippen molar-refractivity contribution < 1.29 is 27.1 Å². The number of fused-ring (bicyclic) bond motifs is 1. The van der Waals surface area contributed by atoms with E-state index in [1.165, 1.54) is 26.2 Å². The molecule has 4 rings (SSSR count). The van der Waals surface area contributed by atoms with Crippen molar-refractivity contribution in [1.82, 2.24) is 14.9 Å². The Kier molecular flexibility index (Phi) is 8.22. The van der Waals surface area contributed by atoms with Gasteiger partial charge in [0.05, 0.1) is 24.6 Å². The Morgan fingerprint density at radius 1 is 1.23 bits per heavy atom. The van der Waals surface area contributed by atoms with Crippen molar-refractivity contribution in [3.05, 3.63) is 52.6 Å². The molecule has 2 atom stereocenters. The van der Waals surface area contributed by atoms with E-state index in [1.807, 2.05) is 24.5 Å². The Labute approximate surface area is 222 Å². The zero-order chi connectivity index (χ0) is 28.3. The molecule has 0 aliphatic carbocycles. The molecule has 0 radical (unpaired) electrons. The van der Waals surface area contributed by atoms with Gasteiger partial charge < -0.3 is 15.0 Å². The Balaban J connectivity index is 1.84. The highest BCUT2D eigenvalue weighted by Gasteiger charge is 2.39. The molecule has 0 fully saturated rings. The molecule has 3 aromatic rings. The van der Waals surface area contributed by atoms with Gasteiger partial charge in [-0.15, -0.1) is 0 Å². The van der Waals surface area contributed by atoms with Crippen LogP contribution in [0.4, 0.5) is 23.2 Å². The molecular weight excluding hydrogens is 518 g/mol. The fourth-order valence-electron chi connectivity index (χ4n) is 4.57.